The van der Waals surface area contributed by atoms with Crippen molar-refractivity contribution < 1.29 is 9.53 Å². The minimum absolute atomic E-state index is 0.0791. The fourth-order valence-electron chi connectivity index (χ4n) is 2.10. The van der Waals surface area contributed by atoms with E-state index in [0.717, 1.165) is 26.1 Å². The maximum atomic E-state index is 12.0. The van der Waals surface area contributed by atoms with Gasteiger partial charge in [-0.05, 0) is 30.9 Å². The monoisotopic (exact) mass is 278 g/mol. The second-order valence-corrected chi connectivity index (χ2v) is 5.15. The van der Waals surface area contributed by atoms with Crippen LogP contribution in [0.1, 0.15) is 28.8 Å². The molecule has 1 aromatic carbocycles. The normalized spacial score (nSPS) is 16.0. The molecular weight excluding hydrogens is 260 g/mol. The Kier molecular flexibility index (Phi) is 4.87. The Bertz CT molecular complexity index is 470. The van der Waals surface area contributed by atoms with Crippen molar-refractivity contribution in [2.45, 2.75) is 12.8 Å². The van der Waals surface area contributed by atoms with Crippen LogP contribution in [0, 0.1) is 5.92 Å². The summed E-state index contributed by atoms with van der Waals surface area (Å²) in [7, 11) is 0. The summed E-state index contributed by atoms with van der Waals surface area (Å²) in [4.78, 5) is 12.3. The van der Waals surface area contributed by atoms with E-state index in [1.165, 1.54) is 0 Å². The van der Waals surface area contributed by atoms with Gasteiger partial charge in [-0.25, -0.2) is 0 Å². The summed E-state index contributed by atoms with van der Waals surface area (Å²) in [5.41, 5.74) is 6.87. The molecule has 1 saturated heterocycles. The minimum atomic E-state index is -0.0791. The lowest BCUT2D eigenvalue weighted by atomic mass is 10.0. The second kappa shape index (κ2) is 6.63. The first kappa shape index (κ1) is 14.0. The molecule has 0 bridgehead atoms. The van der Waals surface area contributed by atoms with Gasteiger partial charge in [-0.15, -0.1) is 0 Å². The number of rotatable bonds is 4. The maximum absolute atomic E-state index is 12.0. The van der Waals surface area contributed by atoms with Gasteiger partial charge in [0.25, 0.3) is 5.91 Å². The zero-order valence-electron chi connectivity index (χ0n) is 10.7. The smallest absolute Gasteiger partial charge is 0.251 e. The van der Waals surface area contributed by atoms with E-state index < -0.39 is 0 Å². The predicted octanol–water partition coefficient (Wildman–Crippen LogP) is 1.48. The van der Waals surface area contributed by atoms with E-state index in [0.29, 0.717) is 28.6 Å². The van der Waals surface area contributed by atoms with Gasteiger partial charge in [0.05, 0.1) is 0 Å². The highest BCUT2D eigenvalue weighted by Crippen LogP contribution is 2.13. The minimum Gasteiger partial charge on any atom is -0.389 e. The molecule has 2 rings (SSSR count). The largest absolute Gasteiger partial charge is 0.389 e. The fourth-order valence-corrected chi connectivity index (χ4v) is 2.23. The summed E-state index contributed by atoms with van der Waals surface area (Å²) in [5, 5.41) is 2.96. The number of carbonyl (C=O) groups excluding carboxylic acids is 1. The molecule has 102 valence electrons. The van der Waals surface area contributed by atoms with E-state index >= 15 is 0 Å². The third-order valence-corrected chi connectivity index (χ3v) is 3.54. The topological polar surface area (TPSA) is 64.4 Å². The third kappa shape index (κ3) is 4.01. The van der Waals surface area contributed by atoms with Crippen LogP contribution in [0.15, 0.2) is 24.3 Å². The van der Waals surface area contributed by atoms with Crippen molar-refractivity contribution >= 4 is 23.1 Å². The average Bonchev–Trinajstić information content (AvgIpc) is 2.46. The Morgan fingerprint density at radius 1 is 1.37 bits per heavy atom. The van der Waals surface area contributed by atoms with E-state index in [1.807, 2.05) is 0 Å². The lowest BCUT2D eigenvalue weighted by Crippen LogP contribution is -2.32. The molecule has 1 heterocycles. The van der Waals surface area contributed by atoms with Gasteiger partial charge in [-0.2, -0.15) is 0 Å². The number of nitrogens with one attached hydrogen (secondary N) is 1. The number of thiocarbonyl (C=S) groups is 1. The van der Waals surface area contributed by atoms with Gasteiger partial charge in [-0.3, -0.25) is 4.79 Å². The third-order valence-electron chi connectivity index (χ3n) is 3.30. The standard InChI is InChI=1S/C14H18N2O2S/c15-13(19)11-2-1-3-12(8-11)14(17)16-9-10-4-6-18-7-5-10/h1-3,8,10H,4-7,9H2,(H2,15,19)(H,16,17). The highest BCUT2D eigenvalue weighted by Gasteiger charge is 2.15. The van der Waals surface area contributed by atoms with Crippen molar-refractivity contribution in [3.63, 3.8) is 0 Å². The number of ether oxygens (including phenoxy) is 1. The van der Waals surface area contributed by atoms with Crippen molar-refractivity contribution in [2.75, 3.05) is 19.8 Å². The zero-order valence-corrected chi connectivity index (χ0v) is 11.5. The Morgan fingerprint density at radius 3 is 2.74 bits per heavy atom. The molecule has 1 fully saturated rings. The summed E-state index contributed by atoms with van der Waals surface area (Å²) in [6, 6.07) is 7.08. The number of nitrogens with two attached hydrogens (primary N) is 1. The number of benzene rings is 1. The van der Waals surface area contributed by atoms with Crippen LogP contribution in [0.4, 0.5) is 0 Å². The Hall–Kier alpha value is -1.46. The molecular formula is C14H18N2O2S. The van der Waals surface area contributed by atoms with Gasteiger partial charge in [0, 0.05) is 30.9 Å². The number of hydrogen-bond acceptors (Lipinski definition) is 3. The Balaban J connectivity index is 1.92. The molecule has 4 nitrogen and oxygen atoms in total. The summed E-state index contributed by atoms with van der Waals surface area (Å²) >= 11 is 4.91. The SMILES string of the molecule is NC(=S)c1cccc(C(=O)NCC2CCOCC2)c1. The Morgan fingerprint density at radius 2 is 2.05 bits per heavy atom. The molecule has 3 N–H and O–H groups in total. The van der Waals surface area contributed by atoms with Crippen LogP contribution in [-0.2, 0) is 4.74 Å². The number of hydrogen-bond donors (Lipinski definition) is 2. The number of amides is 1. The highest BCUT2D eigenvalue weighted by atomic mass is 32.1. The molecule has 0 radical (unpaired) electrons. The van der Waals surface area contributed by atoms with E-state index in [4.69, 9.17) is 22.7 Å². The van der Waals surface area contributed by atoms with Crippen molar-refractivity contribution in [3.05, 3.63) is 35.4 Å². The van der Waals surface area contributed by atoms with Gasteiger partial charge < -0.3 is 15.8 Å². The van der Waals surface area contributed by atoms with Crippen molar-refractivity contribution in [3.8, 4) is 0 Å². The molecule has 1 aromatic rings. The van der Waals surface area contributed by atoms with Gasteiger partial charge in [0.1, 0.15) is 4.99 Å². The van der Waals surface area contributed by atoms with Crippen LogP contribution in [-0.4, -0.2) is 30.7 Å². The Labute approximate surface area is 118 Å². The van der Waals surface area contributed by atoms with Crippen molar-refractivity contribution in [2.24, 2.45) is 11.7 Å². The first-order valence-corrected chi connectivity index (χ1v) is 6.83. The van der Waals surface area contributed by atoms with Crippen molar-refractivity contribution in [1.82, 2.24) is 5.32 Å². The second-order valence-electron chi connectivity index (χ2n) is 4.71. The van der Waals surface area contributed by atoms with Crippen LogP contribution >= 0.6 is 12.2 Å². The quantitative estimate of drug-likeness (QED) is 0.819. The van der Waals surface area contributed by atoms with Crippen LogP contribution in [0.2, 0.25) is 0 Å². The summed E-state index contributed by atoms with van der Waals surface area (Å²) in [6.45, 7) is 2.27. The molecule has 0 aliphatic carbocycles. The molecule has 1 aliphatic heterocycles. The molecule has 19 heavy (non-hydrogen) atoms. The van der Waals surface area contributed by atoms with E-state index in [9.17, 15) is 4.79 Å². The predicted molar refractivity (Wildman–Crippen MR) is 78.2 cm³/mol. The van der Waals surface area contributed by atoms with E-state index in [-0.39, 0.29) is 5.91 Å². The van der Waals surface area contributed by atoms with E-state index in [2.05, 4.69) is 5.32 Å². The molecule has 0 unspecified atom stereocenters. The van der Waals surface area contributed by atoms with Crippen LogP contribution in [0.5, 0.6) is 0 Å². The fraction of sp³-hybridized carbons (Fsp3) is 0.429. The van der Waals surface area contributed by atoms with Gasteiger partial charge in [0.15, 0.2) is 0 Å². The average molecular weight is 278 g/mol. The van der Waals surface area contributed by atoms with Gasteiger partial charge >= 0.3 is 0 Å². The molecule has 1 amide bonds. The lowest BCUT2D eigenvalue weighted by Gasteiger charge is -2.22. The molecule has 0 aromatic heterocycles. The van der Waals surface area contributed by atoms with Gasteiger partial charge in [-0.1, -0.05) is 24.4 Å². The first-order chi connectivity index (χ1) is 9.16. The number of carbonyl (C=O) groups is 1. The summed E-state index contributed by atoms with van der Waals surface area (Å²) < 4.78 is 5.29. The first-order valence-electron chi connectivity index (χ1n) is 6.42. The zero-order chi connectivity index (χ0) is 13.7. The lowest BCUT2D eigenvalue weighted by molar-refractivity contribution is 0.0642. The maximum Gasteiger partial charge on any atom is 0.251 e. The molecule has 5 heteroatoms. The van der Waals surface area contributed by atoms with E-state index in [1.54, 1.807) is 24.3 Å². The summed E-state index contributed by atoms with van der Waals surface area (Å²) in [6.07, 6.45) is 2.01. The molecule has 0 spiro atoms. The highest BCUT2D eigenvalue weighted by molar-refractivity contribution is 7.80. The molecule has 0 saturated carbocycles. The van der Waals surface area contributed by atoms with Gasteiger partial charge in [0.2, 0.25) is 0 Å². The summed E-state index contributed by atoms with van der Waals surface area (Å²) in [5.74, 6) is 0.432. The van der Waals surface area contributed by atoms with Crippen LogP contribution in [0.3, 0.4) is 0 Å². The van der Waals surface area contributed by atoms with Crippen LogP contribution in [0.25, 0.3) is 0 Å². The van der Waals surface area contributed by atoms with Crippen LogP contribution < -0.4 is 11.1 Å². The van der Waals surface area contributed by atoms with Crippen molar-refractivity contribution in [1.29, 1.82) is 0 Å². The molecule has 0 atom stereocenters. The molecule has 1 aliphatic rings.